The number of ether oxygens (including phenoxy) is 1. The van der Waals surface area contributed by atoms with Crippen molar-refractivity contribution >= 4 is 37.6 Å². The summed E-state index contributed by atoms with van der Waals surface area (Å²) in [5, 5.41) is 9.46. The van der Waals surface area contributed by atoms with E-state index < -0.39 is 10.0 Å². The molecule has 0 aliphatic heterocycles. The van der Waals surface area contributed by atoms with Crippen LogP contribution in [0, 0.1) is 0 Å². The molecule has 0 saturated heterocycles. The predicted molar refractivity (Wildman–Crippen MR) is 82.8 cm³/mol. The molecule has 2 aromatic rings. The highest BCUT2D eigenvalue weighted by atomic mass is 79.9. The van der Waals surface area contributed by atoms with Gasteiger partial charge in [-0.25, -0.2) is 13.6 Å². The first-order valence-electron chi connectivity index (χ1n) is 5.97. The minimum Gasteiger partial charge on any atom is -0.486 e. The SMILES string of the molecule is CCn1cc(COc2c(Cl)cc(Br)cc2S(N)(=O)=O)cn1. The van der Waals surface area contributed by atoms with E-state index in [1.807, 2.05) is 13.1 Å². The Kier molecular flexibility index (Phi) is 4.92. The number of primary sulfonamides is 1. The Bertz CT molecular complexity index is 761. The van der Waals surface area contributed by atoms with Crippen molar-refractivity contribution in [2.45, 2.75) is 25.0 Å². The molecule has 0 fully saturated rings. The smallest absolute Gasteiger partial charge is 0.241 e. The summed E-state index contributed by atoms with van der Waals surface area (Å²) in [6.07, 6.45) is 3.45. The van der Waals surface area contributed by atoms with Gasteiger partial charge in [0.1, 0.15) is 11.5 Å². The van der Waals surface area contributed by atoms with Crippen LogP contribution in [0.5, 0.6) is 5.75 Å². The van der Waals surface area contributed by atoms with Gasteiger partial charge in [0.2, 0.25) is 10.0 Å². The van der Waals surface area contributed by atoms with Gasteiger partial charge in [0.05, 0.1) is 11.2 Å². The number of rotatable bonds is 5. The first kappa shape index (κ1) is 16.3. The van der Waals surface area contributed by atoms with E-state index in [1.165, 1.54) is 6.07 Å². The van der Waals surface area contributed by atoms with Crippen LogP contribution in [-0.4, -0.2) is 18.2 Å². The first-order valence-corrected chi connectivity index (χ1v) is 8.69. The Labute approximate surface area is 136 Å². The zero-order chi connectivity index (χ0) is 15.6. The van der Waals surface area contributed by atoms with Gasteiger partial charge in [-0.2, -0.15) is 5.10 Å². The fraction of sp³-hybridized carbons (Fsp3) is 0.250. The second-order valence-corrected chi connectivity index (χ2v) is 7.11. The van der Waals surface area contributed by atoms with Gasteiger partial charge in [-0.05, 0) is 19.1 Å². The van der Waals surface area contributed by atoms with E-state index in [0.29, 0.717) is 4.47 Å². The predicted octanol–water partition coefficient (Wildman–Crippen LogP) is 2.55. The van der Waals surface area contributed by atoms with Crippen LogP contribution in [0.15, 0.2) is 33.9 Å². The zero-order valence-corrected chi connectivity index (χ0v) is 14.2. The number of aryl methyl sites for hydroxylation is 1. The van der Waals surface area contributed by atoms with Gasteiger partial charge in [0.15, 0.2) is 5.75 Å². The lowest BCUT2D eigenvalue weighted by atomic mass is 10.3. The van der Waals surface area contributed by atoms with Gasteiger partial charge in [-0.15, -0.1) is 0 Å². The quantitative estimate of drug-likeness (QED) is 0.844. The topological polar surface area (TPSA) is 87.2 Å². The maximum atomic E-state index is 11.6. The summed E-state index contributed by atoms with van der Waals surface area (Å²) >= 11 is 9.22. The average Bonchev–Trinajstić information content (AvgIpc) is 2.83. The monoisotopic (exact) mass is 393 g/mol. The Balaban J connectivity index is 2.31. The minimum absolute atomic E-state index is 0.0339. The Morgan fingerprint density at radius 1 is 1.48 bits per heavy atom. The largest absolute Gasteiger partial charge is 0.486 e. The molecule has 0 atom stereocenters. The Morgan fingerprint density at radius 2 is 2.19 bits per heavy atom. The molecule has 0 amide bonds. The second-order valence-electron chi connectivity index (χ2n) is 4.25. The summed E-state index contributed by atoms with van der Waals surface area (Å²) in [6.45, 7) is 2.84. The third kappa shape index (κ3) is 3.97. The van der Waals surface area contributed by atoms with E-state index >= 15 is 0 Å². The second kappa shape index (κ2) is 6.35. The van der Waals surface area contributed by atoms with Crippen molar-refractivity contribution < 1.29 is 13.2 Å². The fourth-order valence-corrected chi connectivity index (χ4v) is 3.49. The van der Waals surface area contributed by atoms with Crippen LogP contribution in [0.25, 0.3) is 0 Å². The summed E-state index contributed by atoms with van der Waals surface area (Å²) in [5.74, 6) is 0.0339. The van der Waals surface area contributed by atoms with Gasteiger partial charge >= 0.3 is 0 Å². The van der Waals surface area contributed by atoms with E-state index in [-0.39, 0.29) is 22.3 Å². The van der Waals surface area contributed by atoms with Crippen LogP contribution in [0.1, 0.15) is 12.5 Å². The molecule has 0 aliphatic rings. The van der Waals surface area contributed by atoms with Gasteiger partial charge in [-0.1, -0.05) is 27.5 Å². The molecule has 0 radical (unpaired) electrons. The van der Waals surface area contributed by atoms with Crippen molar-refractivity contribution in [1.29, 1.82) is 0 Å². The Morgan fingerprint density at radius 3 is 2.76 bits per heavy atom. The summed E-state index contributed by atoms with van der Waals surface area (Å²) in [6, 6.07) is 2.90. The normalized spacial score (nSPS) is 11.6. The maximum Gasteiger partial charge on any atom is 0.241 e. The summed E-state index contributed by atoms with van der Waals surface area (Å²) < 4.78 is 31.0. The molecular formula is C12H13BrClN3O3S. The number of nitrogens with zero attached hydrogens (tertiary/aromatic N) is 2. The van der Waals surface area contributed by atoms with E-state index in [0.717, 1.165) is 12.1 Å². The lowest BCUT2D eigenvalue weighted by Gasteiger charge is -2.12. The van der Waals surface area contributed by atoms with Crippen LogP contribution in [0.3, 0.4) is 0 Å². The molecule has 1 heterocycles. The van der Waals surface area contributed by atoms with Crippen molar-refractivity contribution in [1.82, 2.24) is 9.78 Å². The maximum absolute atomic E-state index is 11.6. The molecule has 114 valence electrons. The molecule has 2 N–H and O–H groups in total. The molecule has 2 rings (SSSR count). The molecule has 0 aliphatic carbocycles. The number of benzene rings is 1. The molecule has 21 heavy (non-hydrogen) atoms. The van der Waals surface area contributed by atoms with Crippen molar-refractivity contribution in [2.75, 3.05) is 0 Å². The number of halogens is 2. The molecule has 0 unspecified atom stereocenters. The Hall–Kier alpha value is -1.09. The molecule has 0 saturated carbocycles. The summed E-state index contributed by atoms with van der Waals surface area (Å²) in [5.41, 5.74) is 0.802. The van der Waals surface area contributed by atoms with Crippen LogP contribution in [-0.2, 0) is 23.2 Å². The van der Waals surface area contributed by atoms with Crippen molar-refractivity contribution in [3.63, 3.8) is 0 Å². The number of hydrogen-bond donors (Lipinski definition) is 1. The van der Waals surface area contributed by atoms with Crippen LogP contribution < -0.4 is 9.88 Å². The average molecular weight is 395 g/mol. The van der Waals surface area contributed by atoms with E-state index in [9.17, 15) is 8.42 Å². The summed E-state index contributed by atoms with van der Waals surface area (Å²) in [4.78, 5) is -0.162. The minimum atomic E-state index is -3.94. The third-order valence-electron chi connectivity index (χ3n) is 2.67. The van der Waals surface area contributed by atoms with E-state index in [4.69, 9.17) is 21.5 Å². The summed E-state index contributed by atoms with van der Waals surface area (Å²) in [7, 11) is -3.94. The van der Waals surface area contributed by atoms with Gasteiger partial charge < -0.3 is 4.74 Å². The molecule has 1 aromatic heterocycles. The van der Waals surface area contributed by atoms with Gasteiger partial charge in [0.25, 0.3) is 0 Å². The molecule has 9 heteroatoms. The number of hydrogen-bond acceptors (Lipinski definition) is 4. The third-order valence-corrected chi connectivity index (χ3v) is 4.33. The standard InChI is InChI=1S/C12H13BrClN3O3S/c1-2-17-6-8(5-16-17)7-20-12-10(14)3-9(13)4-11(12)21(15,18)19/h3-6H,2,7H2,1H3,(H2,15,18,19). The lowest BCUT2D eigenvalue weighted by Crippen LogP contribution is -2.14. The van der Waals surface area contributed by atoms with Crippen LogP contribution in [0.4, 0.5) is 0 Å². The highest BCUT2D eigenvalue weighted by molar-refractivity contribution is 9.10. The first-order chi connectivity index (χ1) is 9.81. The molecule has 1 aromatic carbocycles. The van der Waals surface area contributed by atoms with E-state index in [1.54, 1.807) is 16.9 Å². The lowest BCUT2D eigenvalue weighted by molar-refractivity contribution is 0.298. The van der Waals surface area contributed by atoms with Crippen molar-refractivity contribution in [2.24, 2.45) is 5.14 Å². The highest BCUT2D eigenvalue weighted by Crippen LogP contribution is 2.35. The molecule has 0 spiro atoms. The van der Waals surface area contributed by atoms with Gasteiger partial charge in [-0.3, -0.25) is 4.68 Å². The zero-order valence-electron chi connectivity index (χ0n) is 11.1. The van der Waals surface area contributed by atoms with Crippen LogP contribution >= 0.6 is 27.5 Å². The van der Waals surface area contributed by atoms with E-state index in [2.05, 4.69) is 21.0 Å². The van der Waals surface area contributed by atoms with Crippen LogP contribution in [0.2, 0.25) is 5.02 Å². The molecular weight excluding hydrogens is 382 g/mol. The van der Waals surface area contributed by atoms with Crippen molar-refractivity contribution in [3.8, 4) is 5.75 Å². The number of aromatic nitrogens is 2. The highest BCUT2D eigenvalue weighted by Gasteiger charge is 2.20. The van der Waals surface area contributed by atoms with Gasteiger partial charge in [0, 0.05) is 22.8 Å². The van der Waals surface area contributed by atoms with Crippen molar-refractivity contribution in [3.05, 3.63) is 39.6 Å². The number of nitrogens with two attached hydrogens (primary N) is 1. The molecule has 6 nitrogen and oxygen atoms in total. The number of sulfonamides is 1. The fourth-order valence-electron chi connectivity index (χ4n) is 1.70. The molecule has 0 bridgehead atoms.